The van der Waals surface area contributed by atoms with Crippen LogP contribution in [0.4, 0.5) is 10.1 Å². The molecule has 0 aliphatic carbocycles. The molecule has 1 atom stereocenters. The number of halogens is 1. The molecule has 27 heavy (non-hydrogen) atoms. The Kier molecular flexibility index (Phi) is 5.43. The van der Waals surface area contributed by atoms with Gasteiger partial charge in [0.05, 0.1) is 9.82 Å². The Bertz CT molecular complexity index is 941. The average Bonchev–Trinajstić information content (AvgIpc) is 3.17. The zero-order chi connectivity index (χ0) is 19.6. The van der Waals surface area contributed by atoms with Gasteiger partial charge in [-0.3, -0.25) is 10.1 Å². The molecule has 1 aliphatic rings. The van der Waals surface area contributed by atoms with Crippen LogP contribution in [0, 0.1) is 15.9 Å². The molecule has 1 aliphatic heterocycles. The third kappa shape index (κ3) is 4.09. The van der Waals surface area contributed by atoms with E-state index in [0.29, 0.717) is 18.7 Å². The van der Waals surface area contributed by atoms with E-state index in [1.54, 1.807) is 6.92 Å². The highest BCUT2D eigenvalue weighted by Crippen LogP contribution is 2.34. The quantitative estimate of drug-likeness (QED) is 0.551. The van der Waals surface area contributed by atoms with Crippen molar-refractivity contribution in [3.8, 4) is 5.75 Å². The summed E-state index contributed by atoms with van der Waals surface area (Å²) in [6.07, 6.45) is 0.973. The zero-order valence-corrected chi connectivity index (χ0v) is 15.5. The second-order valence-corrected chi connectivity index (χ2v) is 8.25. The minimum atomic E-state index is -3.77. The van der Waals surface area contributed by atoms with E-state index in [2.05, 4.69) is 0 Å². The van der Waals surface area contributed by atoms with E-state index in [4.69, 9.17) is 4.74 Å². The molecule has 1 saturated heterocycles. The van der Waals surface area contributed by atoms with Crippen molar-refractivity contribution in [1.29, 1.82) is 0 Å². The van der Waals surface area contributed by atoms with Crippen LogP contribution in [0.1, 0.15) is 31.4 Å². The first kappa shape index (κ1) is 19.2. The molecule has 2 aromatic rings. The molecule has 3 rings (SSSR count). The predicted molar refractivity (Wildman–Crippen MR) is 96.5 cm³/mol. The highest BCUT2D eigenvalue weighted by Gasteiger charge is 2.30. The maximum absolute atomic E-state index is 13.0. The summed E-state index contributed by atoms with van der Waals surface area (Å²) in [5.74, 6) is -0.439. The fraction of sp³-hybridized carbons (Fsp3) is 0.333. The number of benzene rings is 2. The van der Waals surface area contributed by atoms with Gasteiger partial charge < -0.3 is 4.74 Å². The first-order valence-electron chi connectivity index (χ1n) is 8.50. The van der Waals surface area contributed by atoms with E-state index in [-0.39, 0.29) is 10.6 Å². The summed E-state index contributed by atoms with van der Waals surface area (Å²) in [7, 11) is -3.77. The van der Waals surface area contributed by atoms with Crippen molar-refractivity contribution in [3.05, 3.63) is 64.0 Å². The zero-order valence-electron chi connectivity index (χ0n) is 14.7. The van der Waals surface area contributed by atoms with Gasteiger partial charge in [-0.05, 0) is 49.6 Å². The van der Waals surface area contributed by atoms with Gasteiger partial charge in [-0.25, -0.2) is 12.8 Å². The number of hydrogen-bond acceptors (Lipinski definition) is 5. The molecule has 9 heteroatoms. The number of nitro groups is 1. The predicted octanol–water partition coefficient (Wildman–Crippen LogP) is 3.66. The first-order valence-corrected chi connectivity index (χ1v) is 9.94. The topological polar surface area (TPSA) is 89.8 Å². The van der Waals surface area contributed by atoms with Gasteiger partial charge in [0.1, 0.15) is 11.9 Å². The summed E-state index contributed by atoms with van der Waals surface area (Å²) in [6.45, 7) is 2.50. The lowest BCUT2D eigenvalue weighted by atomic mass is 10.1. The van der Waals surface area contributed by atoms with Crippen molar-refractivity contribution in [2.45, 2.75) is 30.8 Å². The Morgan fingerprint density at radius 1 is 1.15 bits per heavy atom. The highest BCUT2D eigenvalue weighted by molar-refractivity contribution is 7.89. The van der Waals surface area contributed by atoms with E-state index >= 15 is 0 Å². The number of sulfonamides is 1. The SMILES string of the molecule is C[C@H](Oc1ccc(S(=O)(=O)N2CCCC2)cc1[N+](=O)[O-])c1ccc(F)cc1. The van der Waals surface area contributed by atoms with Crippen molar-refractivity contribution >= 4 is 15.7 Å². The second-order valence-electron chi connectivity index (χ2n) is 6.31. The van der Waals surface area contributed by atoms with Gasteiger partial charge in [0.15, 0.2) is 5.75 Å². The fourth-order valence-electron chi connectivity index (χ4n) is 2.97. The Morgan fingerprint density at radius 3 is 2.37 bits per heavy atom. The van der Waals surface area contributed by atoms with Crippen molar-refractivity contribution < 1.29 is 22.5 Å². The summed E-state index contributed by atoms with van der Waals surface area (Å²) in [5, 5.41) is 11.5. The number of nitrogens with zero attached hydrogens (tertiary/aromatic N) is 2. The molecule has 1 heterocycles. The van der Waals surface area contributed by atoms with E-state index in [1.165, 1.54) is 40.7 Å². The first-order chi connectivity index (χ1) is 12.8. The van der Waals surface area contributed by atoms with Gasteiger partial charge in [0, 0.05) is 19.2 Å². The third-order valence-electron chi connectivity index (χ3n) is 4.47. The molecular weight excluding hydrogens is 375 g/mol. The molecule has 0 amide bonds. The third-order valence-corrected chi connectivity index (χ3v) is 6.37. The van der Waals surface area contributed by atoms with E-state index in [0.717, 1.165) is 18.9 Å². The lowest BCUT2D eigenvalue weighted by molar-refractivity contribution is -0.386. The standard InChI is InChI=1S/C18H19FN2O5S/c1-13(14-4-6-15(19)7-5-14)26-18-9-8-16(12-17(18)21(22)23)27(24,25)20-10-2-3-11-20/h4-9,12-13H,2-3,10-11H2,1H3/t13-/m0/s1. The van der Waals surface area contributed by atoms with Gasteiger partial charge in [-0.1, -0.05) is 12.1 Å². The molecule has 144 valence electrons. The lowest BCUT2D eigenvalue weighted by Crippen LogP contribution is -2.27. The van der Waals surface area contributed by atoms with Gasteiger partial charge in [0.2, 0.25) is 10.0 Å². The van der Waals surface area contributed by atoms with Crippen molar-refractivity contribution in [2.24, 2.45) is 0 Å². The Hall–Kier alpha value is -2.52. The Balaban J connectivity index is 1.90. The van der Waals surface area contributed by atoms with E-state index < -0.39 is 32.6 Å². The molecule has 0 bridgehead atoms. The summed E-state index contributed by atoms with van der Waals surface area (Å²) in [6, 6.07) is 9.23. The van der Waals surface area contributed by atoms with Gasteiger partial charge in [0.25, 0.3) is 0 Å². The molecule has 1 fully saturated rings. The molecule has 0 saturated carbocycles. The molecule has 0 aromatic heterocycles. The number of ether oxygens (including phenoxy) is 1. The van der Waals surface area contributed by atoms with E-state index in [9.17, 15) is 22.9 Å². The van der Waals surface area contributed by atoms with E-state index in [1.807, 2.05) is 0 Å². The van der Waals surface area contributed by atoms with Gasteiger partial charge in [-0.15, -0.1) is 0 Å². The van der Waals surface area contributed by atoms with Crippen LogP contribution in [0.15, 0.2) is 47.4 Å². The maximum atomic E-state index is 13.0. The number of hydrogen-bond donors (Lipinski definition) is 0. The van der Waals surface area contributed by atoms with Crippen LogP contribution in [-0.4, -0.2) is 30.7 Å². The molecule has 7 nitrogen and oxygen atoms in total. The van der Waals surface area contributed by atoms with Crippen molar-refractivity contribution in [3.63, 3.8) is 0 Å². The van der Waals surface area contributed by atoms with Crippen LogP contribution < -0.4 is 4.74 Å². The summed E-state index contributed by atoms with van der Waals surface area (Å²) in [4.78, 5) is 10.7. The molecule has 2 aromatic carbocycles. The lowest BCUT2D eigenvalue weighted by Gasteiger charge is -2.17. The highest BCUT2D eigenvalue weighted by atomic mass is 32.2. The van der Waals surface area contributed by atoms with Crippen LogP contribution in [0.25, 0.3) is 0 Å². The van der Waals surface area contributed by atoms with Crippen LogP contribution in [0.3, 0.4) is 0 Å². The van der Waals surface area contributed by atoms with Crippen LogP contribution >= 0.6 is 0 Å². The van der Waals surface area contributed by atoms with Gasteiger partial charge >= 0.3 is 5.69 Å². The monoisotopic (exact) mass is 394 g/mol. The fourth-order valence-corrected chi connectivity index (χ4v) is 4.51. The maximum Gasteiger partial charge on any atom is 0.312 e. The summed E-state index contributed by atoms with van der Waals surface area (Å²) < 4.78 is 45.3. The molecule has 0 radical (unpaired) electrons. The number of nitro benzene ring substituents is 1. The second kappa shape index (κ2) is 7.61. The van der Waals surface area contributed by atoms with Crippen LogP contribution in [0.5, 0.6) is 5.75 Å². The summed E-state index contributed by atoms with van der Waals surface area (Å²) >= 11 is 0. The summed E-state index contributed by atoms with van der Waals surface area (Å²) in [5.41, 5.74) is 0.212. The largest absolute Gasteiger partial charge is 0.479 e. The Labute approximate surface area is 156 Å². The number of rotatable bonds is 6. The van der Waals surface area contributed by atoms with Crippen LogP contribution in [-0.2, 0) is 10.0 Å². The average molecular weight is 394 g/mol. The molecule has 0 spiro atoms. The Morgan fingerprint density at radius 2 is 1.78 bits per heavy atom. The molecule has 0 N–H and O–H groups in total. The smallest absolute Gasteiger partial charge is 0.312 e. The van der Waals surface area contributed by atoms with Crippen LogP contribution in [0.2, 0.25) is 0 Å². The molecular formula is C18H19FN2O5S. The minimum absolute atomic E-state index is 0.0443. The van der Waals surface area contributed by atoms with Crippen molar-refractivity contribution in [1.82, 2.24) is 4.31 Å². The molecule has 0 unspecified atom stereocenters. The minimum Gasteiger partial charge on any atom is -0.479 e. The van der Waals surface area contributed by atoms with Gasteiger partial charge in [-0.2, -0.15) is 4.31 Å². The normalized spacial score (nSPS) is 16.2. The van der Waals surface area contributed by atoms with Crippen molar-refractivity contribution in [2.75, 3.05) is 13.1 Å².